The van der Waals surface area contributed by atoms with E-state index in [4.69, 9.17) is 10.2 Å². The Bertz CT molecular complexity index is 587. The van der Waals surface area contributed by atoms with Crippen LogP contribution in [-0.4, -0.2) is 12.1 Å². The first-order valence-corrected chi connectivity index (χ1v) is 5.41. The lowest BCUT2D eigenvalue weighted by molar-refractivity contribution is 0.0956. The number of amides is 1. The highest BCUT2D eigenvalue weighted by molar-refractivity contribution is 5.99. The van der Waals surface area contributed by atoms with Gasteiger partial charge in [-0.25, -0.2) is 5.43 Å². The smallest absolute Gasteiger partial charge is 0.273 e. The van der Waals surface area contributed by atoms with Crippen LogP contribution in [0, 0.1) is 6.92 Å². The second-order valence-corrected chi connectivity index (χ2v) is 3.73. The lowest BCUT2D eigenvalue weighted by atomic mass is 10.2. The Balaban J connectivity index is 2.01. The molecule has 0 radical (unpaired) electrons. The van der Waals surface area contributed by atoms with Gasteiger partial charge in [-0.3, -0.25) is 4.79 Å². The first-order chi connectivity index (χ1) is 8.66. The number of para-hydroxylation sites is 1. The molecule has 92 valence electrons. The molecule has 0 aliphatic carbocycles. The highest BCUT2D eigenvalue weighted by Crippen LogP contribution is 2.09. The minimum atomic E-state index is -0.354. The number of furan rings is 1. The molecule has 0 fully saturated rings. The molecule has 2 aromatic rings. The Kier molecular flexibility index (Phi) is 3.43. The summed E-state index contributed by atoms with van der Waals surface area (Å²) in [5.41, 5.74) is 8.87. The van der Waals surface area contributed by atoms with E-state index >= 15 is 0 Å². The largest absolute Gasteiger partial charge is 0.460 e. The van der Waals surface area contributed by atoms with Gasteiger partial charge >= 0.3 is 0 Å². The van der Waals surface area contributed by atoms with Crippen LogP contribution in [0.25, 0.3) is 0 Å². The van der Waals surface area contributed by atoms with Gasteiger partial charge in [0.15, 0.2) is 0 Å². The second kappa shape index (κ2) is 5.18. The average Bonchev–Trinajstić information content (AvgIpc) is 2.75. The molecule has 0 aliphatic heterocycles. The van der Waals surface area contributed by atoms with Gasteiger partial charge in [0.25, 0.3) is 5.91 Å². The number of anilines is 1. The Hall–Kier alpha value is -2.56. The van der Waals surface area contributed by atoms with Gasteiger partial charge in [0.2, 0.25) is 0 Å². The summed E-state index contributed by atoms with van der Waals surface area (Å²) in [7, 11) is 0. The molecule has 0 spiro atoms. The van der Waals surface area contributed by atoms with E-state index in [9.17, 15) is 4.79 Å². The van der Waals surface area contributed by atoms with Crippen molar-refractivity contribution in [2.45, 2.75) is 6.92 Å². The topological polar surface area (TPSA) is 80.6 Å². The summed E-state index contributed by atoms with van der Waals surface area (Å²) in [6, 6.07) is 10.4. The van der Waals surface area contributed by atoms with Crippen LogP contribution in [0.3, 0.4) is 0 Å². The van der Waals surface area contributed by atoms with Crippen molar-refractivity contribution in [3.8, 4) is 0 Å². The molecule has 0 saturated carbocycles. The molecule has 3 N–H and O–H groups in total. The van der Waals surface area contributed by atoms with Crippen molar-refractivity contribution < 1.29 is 9.21 Å². The van der Waals surface area contributed by atoms with Gasteiger partial charge in [-0.15, -0.1) is 0 Å². The van der Waals surface area contributed by atoms with Crippen molar-refractivity contribution in [2.75, 3.05) is 5.73 Å². The summed E-state index contributed by atoms with van der Waals surface area (Å²) >= 11 is 0. The number of aryl methyl sites for hydroxylation is 1. The Morgan fingerprint density at radius 3 is 2.78 bits per heavy atom. The third-order valence-electron chi connectivity index (χ3n) is 2.32. The molecule has 0 atom stereocenters. The number of carbonyl (C=O) groups is 1. The summed E-state index contributed by atoms with van der Waals surface area (Å²) in [5, 5.41) is 3.80. The maximum atomic E-state index is 11.7. The van der Waals surface area contributed by atoms with Crippen LogP contribution in [-0.2, 0) is 0 Å². The third kappa shape index (κ3) is 2.76. The molecule has 18 heavy (non-hydrogen) atoms. The van der Waals surface area contributed by atoms with E-state index in [1.54, 1.807) is 30.3 Å². The number of nitrogens with one attached hydrogen (secondary N) is 1. The van der Waals surface area contributed by atoms with Gasteiger partial charge < -0.3 is 10.2 Å². The average molecular weight is 243 g/mol. The van der Waals surface area contributed by atoms with E-state index in [-0.39, 0.29) is 5.91 Å². The van der Waals surface area contributed by atoms with Crippen molar-refractivity contribution in [3.63, 3.8) is 0 Å². The Morgan fingerprint density at radius 1 is 1.33 bits per heavy atom. The summed E-state index contributed by atoms with van der Waals surface area (Å²) in [6.45, 7) is 1.83. The summed E-state index contributed by atoms with van der Waals surface area (Å²) in [5.74, 6) is 1.01. The summed E-state index contributed by atoms with van der Waals surface area (Å²) < 4.78 is 5.27. The number of carbonyl (C=O) groups excluding carboxylic acids is 1. The monoisotopic (exact) mass is 243 g/mol. The maximum absolute atomic E-state index is 11.7. The van der Waals surface area contributed by atoms with E-state index in [1.165, 1.54) is 6.21 Å². The number of hydrogen-bond acceptors (Lipinski definition) is 4. The fraction of sp³-hybridized carbons (Fsp3) is 0.0769. The Labute approximate surface area is 104 Å². The predicted molar refractivity (Wildman–Crippen MR) is 69.4 cm³/mol. The molecule has 0 bridgehead atoms. The number of rotatable bonds is 3. The third-order valence-corrected chi connectivity index (χ3v) is 2.32. The number of nitrogen functional groups attached to an aromatic ring is 1. The molecule has 5 nitrogen and oxygen atoms in total. The second-order valence-electron chi connectivity index (χ2n) is 3.73. The molecule has 1 aromatic heterocycles. The predicted octanol–water partition coefficient (Wildman–Crippen LogP) is 1.93. The van der Waals surface area contributed by atoms with Crippen molar-refractivity contribution in [1.29, 1.82) is 0 Å². The number of benzene rings is 1. The van der Waals surface area contributed by atoms with Crippen LogP contribution >= 0.6 is 0 Å². The highest BCUT2D eigenvalue weighted by Gasteiger charge is 2.06. The van der Waals surface area contributed by atoms with Gasteiger partial charge in [-0.2, -0.15) is 5.10 Å². The zero-order chi connectivity index (χ0) is 13.0. The van der Waals surface area contributed by atoms with Gasteiger partial charge in [-0.05, 0) is 31.2 Å². The molecule has 1 heterocycles. The zero-order valence-corrected chi connectivity index (χ0v) is 9.88. The normalized spacial score (nSPS) is 10.7. The molecule has 2 rings (SSSR count). The van der Waals surface area contributed by atoms with Crippen LogP contribution in [0.5, 0.6) is 0 Å². The van der Waals surface area contributed by atoms with Crippen molar-refractivity contribution in [2.24, 2.45) is 5.10 Å². The molecule has 0 unspecified atom stereocenters. The molecule has 5 heteroatoms. The molecular formula is C13H13N3O2. The van der Waals surface area contributed by atoms with Crippen molar-refractivity contribution in [1.82, 2.24) is 5.43 Å². The molecule has 1 aromatic carbocycles. The van der Waals surface area contributed by atoms with E-state index < -0.39 is 0 Å². The van der Waals surface area contributed by atoms with Crippen LogP contribution in [0.4, 0.5) is 5.69 Å². The number of hydrazone groups is 1. The van der Waals surface area contributed by atoms with Crippen LogP contribution in [0.1, 0.15) is 21.9 Å². The molecule has 0 saturated heterocycles. The first-order valence-electron chi connectivity index (χ1n) is 5.41. The van der Waals surface area contributed by atoms with Gasteiger partial charge in [0, 0.05) is 5.69 Å². The number of nitrogens with zero attached hydrogens (tertiary/aromatic N) is 1. The highest BCUT2D eigenvalue weighted by atomic mass is 16.3. The molecular weight excluding hydrogens is 230 g/mol. The maximum Gasteiger partial charge on any atom is 0.273 e. The molecule has 0 aliphatic rings. The minimum Gasteiger partial charge on any atom is -0.460 e. The van der Waals surface area contributed by atoms with E-state index in [2.05, 4.69) is 10.5 Å². The van der Waals surface area contributed by atoms with Gasteiger partial charge in [0.1, 0.15) is 11.5 Å². The Morgan fingerprint density at radius 2 is 2.11 bits per heavy atom. The lowest BCUT2D eigenvalue weighted by Crippen LogP contribution is -2.18. The van der Waals surface area contributed by atoms with Crippen LogP contribution in [0.2, 0.25) is 0 Å². The van der Waals surface area contributed by atoms with Crippen LogP contribution < -0.4 is 11.2 Å². The van der Waals surface area contributed by atoms with E-state index in [0.717, 1.165) is 5.76 Å². The number of hydrogen-bond donors (Lipinski definition) is 2. The minimum absolute atomic E-state index is 0.354. The summed E-state index contributed by atoms with van der Waals surface area (Å²) in [4.78, 5) is 11.7. The standard InChI is InChI=1S/C13H13N3O2/c1-9-6-7-10(18-9)8-15-16-13(17)11-4-2-3-5-12(11)14/h2-8H,14H2,1H3,(H,16,17). The molecule has 1 amide bonds. The fourth-order valence-electron chi connectivity index (χ4n) is 1.44. The van der Waals surface area contributed by atoms with Crippen LogP contribution in [0.15, 0.2) is 45.9 Å². The fourth-order valence-corrected chi connectivity index (χ4v) is 1.44. The SMILES string of the molecule is Cc1ccc(C=NNC(=O)c2ccccc2N)o1. The van der Waals surface area contributed by atoms with Gasteiger partial charge in [-0.1, -0.05) is 12.1 Å². The number of nitrogens with two attached hydrogens (primary N) is 1. The van der Waals surface area contributed by atoms with E-state index in [0.29, 0.717) is 17.0 Å². The first kappa shape index (κ1) is 11.9. The van der Waals surface area contributed by atoms with E-state index in [1.807, 2.05) is 13.0 Å². The quantitative estimate of drug-likeness (QED) is 0.491. The lowest BCUT2D eigenvalue weighted by Gasteiger charge is -2.02. The van der Waals surface area contributed by atoms with Crippen molar-refractivity contribution >= 4 is 17.8 Å². The zero-order valence-electron chi connectivity index (χ0n) is 9.88. The summed E-state index contributed by atoms with van der Waals surface area (Å²) in [6.07, 6.45) is 1.43. The van der Waals surface area contributed by atoms with Gasteiger partial charge in [0.05, 0.1) is 11.8 Å². The van der Waals surface area contributed by atoms with Crippen molar-refractivity contribution in [3.05, 3.63) is 53.5 Å².